The standard InChI is InChI=1S/C12H16N2O3/c1-9(15)13-7-11(16)8-14-12(17)10-5-3-2-4-6-10/h2-6,11,16H,7-8H2,1H3,(H,13,15)(H,14,17). The number of hydrogen-bond donors (Lipinski definition) is 3. The molecule has 5 nitrogen and oxygen atoms in total. The van der Waals surface area contributed by atoms with Crippen LogP contribution < -0.4 is 10.6 Å². The highest BCUT2D eigenvalue weighted by molar-refractivity contribution is 5.94. The van der Waals surface area contributed by atoms with Gasteiger partial charge >= 0.3 is 0 Å². The first-order valence-electron chi connectivity index (χ1n) is 5.35. The van der Waals surface area contributed by atoms with Crippen molar-refractivity contribution in [2.75, 3.05) is 13.1 Å². The SMILES string of the molecule is CC(=O)NCC(O)CNC(=O)c1ccccc1. The largest absolute Gasteiger partial charge is 0.389 e. The Balaban J connectivity index is 2.31. The summed E-state index contributed by atoms with van der Waals surface area (Å²) in [5, 5.41) is 14.5. The molecular weight excluding hydrogens is 220 g/mol. The van der Waals surface area contributed by atoms with Gasteiger partial charge in [-0.15, -0.1) is 0 Å². The predicted molar refractivity (Wildman–Crippen MR) is 63.5 cm³/mol. The zero-order valence-corrected chi connectivity index (χ0v) is 9.64. The average molecular weight is 236 g/mol. The predicted octanol–water partition coefficient (Wildman–Crippen LogP) is -0.0866. The Morgan fingerprint density at radius 1 is 1.18 bits per heavy atom. The van der Waals surface area contributed by atoms with Crippen molar-refractivity contribution in [1.29, 1.82) is 0 Å². The van der Waals surface area contributed by atoms with Crippen LogP contribution in [-0.2, 0) is 4.79 Å². The lowest BCUT2D eigenvalue weighted by Crippen LogP contribution is -2.39. The van der Waals surface area contributed by atoms with E-state index in [4.69, 9.17) is 0 Å². The average Bonchev–Trinajstić information content (AvgIpc) is 2.34. The van der Waals surface area contributed by atoms with Crippen LogP contribution in [0.15, 0.2) is 30.3 Å². The monoisotopic (exact) mass is 236 g/mol. The maximum atomic E-state index is 11.6. The summed E-state index contributed by atoms with van der Waals surface area (Å²) in [6.07, 6.45) is -0.786. The van der Waals surface area contributed by atoms with Gasteiger partial charge in [0.1, 0.15) is 0 Å². The molecule has 0 spiro atoms. The molecule has 0 bridgehead atoms. The summed E-state index contributed by atoms with van der Waals surface area (Å²) in [6.45, 7) is 1.60. The van der Waals surface area contributed by atoms with Crippen molar-refractivity contribution in [3.63, 3.8) is 0 Å². The molecule has 0 saturated heterocycles. The summed E-state index contributed by atoms with van der Waals surface area (Å²) in [7, 11) is 0. The third-order valence-corrected chi connectivity index (χ3v) is 2.12. The number of carbonyl (C=O) groups is 2. The molecular formula is C12H16N2O3. The van der Waals surface area contributed by atoms with Gasteiger partial charge in [-0.3, -0.25) is 9.59 Å². The van der Waals surface area contributed by atoms with E-state index in [0.29, 0.717) is 5.56 Å². The lowest BCUT2D eigenvalue weighted by molar-refractivity contribution is -0.119. The van der Waals surface area contributed by atoms with Gasteiger partial charge in [-0.25, -0.2) is 0 Å². The first kappa shape index (κ1) is 13.2. The highest BCUT2D eigenvalue weighted by Gasteiger charge is 2.08. The second-order valence-electron chi connectivity index (χ2n) is 3.67. The zero-order chi connectivity index (χ0) is 12.7. The summed E-state index contributed by atoms with van der Waals surface area (Å²) >= 11 is 0. The lowest BCUT2D eigenvalue weighted by Gasteiger charge is -2.12. The second-order valence-corrected chi connectivity index (χ2v) is 3.67. The Morgan fingerprint density at radius 2 is 1.76 bits per heavy atom. The summed E-state index contributed by atoms with van der Waals surface area (Å²) in [5.41, 5.74) is 0.541. The molecule has 3 N–H and O–H groups in total. The van der Waals surface area contributed by atoms with E-state index < -0.39 is 6.10 Å². The van der Waals surface area contributed by atoms with Crippen molar-refractivity contribution in [2.45, 2.75) is 13.0 Å². The molecule has 1 rings (SSSR count). The molecule has 0 radical (unpaired) electrons. The third kappa shape index (κ3) is 5.12. The minimum atomic E-state index is -0.786. The van der Waals surface area contributed by atoms with Crippen molar-refractivity contribution in [3.8, 4) is 0 Å². The molecule has 0 heterocycles. The van der Waals surface area contributed by atoms with E-state index in [2.05, 4.69) is 10.6 Å². The van der Waals surface area contributed by atoms with Gasteiger partial charge < -0.3 is 15.7 Å². The molecule has 1 aromatic carbocycles. The number of amides is 2. The van der Waals surface area contributed by atoms with E-state index >= 15 is 0 Å². The molecule has 0 aliphatic heterocycles. The van der Waals surface area contributed by atoms with E-state index in [-0.39, 0.29) is 24.9 Å². The third-order valence-electron chi connectivity index (χ3n) is 2.12. The van der Waals surface area contributed by atoms with Crippen LogP contribution >= 0.6 is 0 Å². The van der Waals surface area contributed by atoms with Gasteiger partial charge in [0.05, 0.1) is 6.10 Å². The summed E-state index contributed by atoms with van der Waals surface area (Å²) in [6, 6.07) is 8.73. The highest BCUT2D eigenvalue weighted by atomic mass is 16.3. The van der Waals surface area contributed by atoms with Gasteiger partial charge in [-0.1, -0.05) is 18.2 Å². The maximum absolute atomic E-state index is 11.6. The molecule has 5 heteroatoms. The summed E-state index contributed by atoms with van der Waals surface area (Å²) in [5.74, 6) is -0.453. The molecule has 1 aromatic rings. The minimum absolute atomic E-state index is 0.105. The topological polar surface area (TPSA) is 78.4 Å². The highest BCUT2D eigenvalue weighted by Crippen LogP contribution is 1.97. The molecule has 0 saturated carbocycles. The Bertz CT molecular complexity index is 379. The van der Waals surface area contributed by atoms with Crippen LogP contribution in [0.3, 0.4) is 0 Å². The fourth-order valence-electron chi connectivity index (χ4n) is 1.24. The number of aliphatic hydroxyl groups excluding tert-OH is 1. The van der Waals surface area contributed by atoms with Crippen LogP contribution in [-0.4, -0.2) is 36.1 Å². The van der Waals surface area contributed by atoms with Crippen molar-refractivity contribution in [3.05, 3.63) is 35.9 Å². The number of hydrogen-bond acceptors (Lipinski definition) is 3. The molecule has 92 valence electrons. The molecule has 0 fully saturated rings. The van der Waals surface area contributed by atoms with Gasteiger partial charge in [0, 0.05) is 25.6 Å². The van der Waals surface area contributed by atoms with Gasteiger partial charge in [-0.05, 0) is 12.1 Å². The zero-order valence-electron chi connectivity index (χ0n) is 9.64. The molecule has 0 aliphatic rings. The van der Waals surface area contributed by atoms with Crippen LogP contribution in [0, 0.1) is 0 Å². The van der Waals surface area contributed by atoms with Gasteiger partial charge in [-0.2, -0.15) is 0 Å². The number of benzene rings is 1. The van der Waals surface area contributed by atoms with E-state index in [1.165, 1.54) is 6.92 Å². The molecule has 1 unspecified atom stereocenters. The lowest BCUT2D eigenvalue weighted by atomic mass is 10.2. The van der Waals surface area contributed by atoms with Crippen LogP contribution in [0.5, 0.6) is 0 Å². The Hall–Kier alpha value is -1.88. The number of aliphatic hydroxyl groups is 1. The number of rotatable bonds is 5. The molecule has 0 aromatic heterocycles. The first-order chi connectivity index (χ1) is 8.09. The van der Waals surface area contributed by atoms with Crippen LogP contribution in [0.1, 0.15) is 17.3 Å². The first-order valence-corrected chi connectivity index (χ1v) is 5.35. The Kier molecular flexibility index (Phi) is 5.16. The Labute approximate surface area is 99.8 Å². The fourth-order valence-corrected chi connectivity index (χ4v) is 1.24. The molecule has 2 amide bonds. The van der Waals surface area contributed by atoms with Gasteiger partial charge in [0.25, 0.3) is 5.91 Å². The van der Waals surface area contributed by atoms with Crippen molar-refractivity contribution in [1.82, 2.24) is 10.6 Å². The van der Waals surface area contributed by atoms with Crippen molar-refractivity contribution < 1.29 is 14.7 Å². The molecule has 17 heavy (non-hydrogen) atoms. The van der Waals surface area contributed by atoms with Crippen LogP contribution in [0.2, 0.25) is 0 Å². The fraction of sp³-hybridized carbons (Fsp3) is 0.333. The van der Waals surface area contributed by atoms with Gasteiger partial charge in [0.15, 0.2) is 0 Å². The maximum Gasteiger partial charge on any atom is 0.251 e. The van der Waals surface area contributed by atoms with E-state index in [9.17, 15) is 14.7 Å². The normalized spacial score (nSPS) is 11.6. The van der Waals surface area contributed by atoms with Gasteiger partial charge in [0.2, 0.25) is 5.91 Å². The van der Waals surface area contributed by atoms with E-state index in [1.807, 2.05) is 6.07 Å². The summed E-state index contributed by atoms with van der Waals surface area (Å²) in [4.78, 5) is 22.2. The van der Waals surface area contributed by atoms with Crippen molar-refractivity contribution >= 4 is 11.8 Å². The number of carbonyl (C=O) groups excluding carboxylic acids is 2. The minimum Gasteiger partial charge on any atom is -0.389 e. The van der Waals surface area contributed by atoms with Crippen LogP contribution in [0.25, 0.3) is 0 Å². The van der Waals surface area contributed by atoms with E-state index in [1.54, 1.807) is 24.3 Å². The molecule has 1 atom stereocenters. The summed E-state index contributed by atoms with van der Waals surface area (Å²) < 4.78 is 0. The second kappa shape index (κ2) is 6.65. The Morgan fingerprint density at radius 3 is 2.35 bits per heavy atom. The van der Waals surface area contributed by atoms with E-state index in [0.717, 1.165) is 0 Å². The smallest absolute Gasteiger partial charge is 0.251 e. The van der Waals surface area contributed by atoms with Crippen LogP contribution in [0.4, 0.5) is 0 Å². The van der Waals surface area contributed by atoms with Crippen molar-refractivity contribution in [2.24, 2.45) is 0 Å². The quantitative estimate of drug-likeness (QED) is 0.668. The number of nitrogens with one attached hydrogen (secondary N) is 2. The molecule has 0 aliphatic carbocycles.